The Morgan fingerprint density at radius 1 is 1.24 bits per heavy atom. The zero-order valence-corrected chi connectivity index (χ0v) is 13.8. The Hall–Kier alpha value is -0.900. The van der Waals surface area contributed by atoms with Gasteiger partial charge in [0.15, 0.2) is 0 Å². The summed E-state index contributed by atoms with van der Waals surface area (Å²) >= 11 is 0. The molecule has 1 unspecified atom stereocenters. The third-order valence-electron chi connectivity index (χ3n) is 3.88. The lowest BCUT2D eigenvalue weighted by Crippen LogP contribution is -2.40. The molecule has 1 atom stereocenters. The second-order valence-corrected chi connectivity index (χ2v) is 6.92. The van der Waals surface area contributed by atoms with Gasteiger partial charge in [-0.05, 0) is 51.7 Å². The molecule has 21 heavy (non-hydrogen) atoms. The number of hydrogen-bond acceptors (Lipinski definition) is 3. The van der Waals surface area contributed by atoms with Gasteiger partial charge < -0.3 is 14.8 Å². The average molecular weight is 291 g/mol. The predicted molar refractivity (Wildman–Crippen MR) is 86.6 cm³/mol. The van der Waals surface area contributed by atoms with E-state index in [0.717, 1.165) is 32.6 Å². The van der Waals surface area contributed by atoms with Crippen molar-refractivity contribution >= 4 is 0 Å². The second kappa shape index (κ2) is 7.39. The SMILES string of the molecule is Cc1ccccc1C(CNC(C)(C)C)OC1CCOCC1. The third kappa shape index (κ3) is 5.42. The molecule has 1 aliphatic heterocycles. The van der Waals surface area contributed by atoms with Crippen molar-refractivity contribution in [2.45, 2.75) is 58.3 Å². The maximum atomic E-state index is 6.41. The summed E-state index contributed by atoms with van der Waals surface area (Å²) in [6.07, 6.45) is 2.41. The van der Waals surface area contributed by atoms with Gasteiger partial charge in [0.2, 0.25) is 0 Å². The Kier molecular flexibility index (Phi) is 5.80. The van der Waals surface area contributed by atoms with Crippen LogP contribution in [0.25, 0.3) is 0 Å². The number of hydrogen-bond donors (Lipinski definition) is 1. The molecule has 118 valence electrons. The second-order valence-electron chi connectivity index (χ2n) is 6.92. The quantitative estimate of drug-likeness (QED) is 0.899. The highest BCUT2D eigenvalue weighted by Crippen LogP contribution is 2.25. The van der Waals surface area contributed by atoms with Crippen LogP contribution in [0.3, 0.4) is 0 Å². The summed E-state index contributed by atoms with van der Waals surface area (Å²) < 4.78 is 11.8. The van der Waals surface area contributed by atoms with Gasteiger partial charge in [0.1, 0.15) is 0 Å². The number of rotatable bonds is 5. The van der Waals surface area contributed by atoms with Crippen molar-refractivity contribution in [3.63, 3.8) is 0 Å². The van der Waals surface area contributed by atoms with Gasteiger partial charge in [0.25, 0.3) is 0 Å². The number of ether oxygens (including phenoxy) is 2. The van der Waals surface area contributed by atoms with Crippen LogP contribution in [0.4, 0.5) is 0 Å². The first-order valence-corrected chi connectivity index (χ1v) is 7.99. The van der Waals surface area contributed by atoms with E-state index < -0.39 is 0 Å². The topological polar surface area (TPSA) is 30.5 Å². The van der Waals surface area contributed by atoms with E-state index in [0.29, 0.717) is 6.10 Å². The molecule has 0 aliphatic carbocycles. The lowest BCUT2D eigenvalue weighted by Gasteiger charge is -2.31. The highest BCUT2D eigenvalue weighted by molar-refractivity contribution is 5.28. The third-order valence-corrected chi connectivity index (χ3v) is 3.88. The summed E-state index contributed by atoms with van der Waals surface area (Å²) in [6, 6.07) is 8.53. The highest BCUT2D eigenvalue weighted by atomic mass is 16.5. The van der Waals surface area contributed by atoms with Crippen molar-refractivity contribution in [3.8, 4) is 0 Å². The molecule has 1 heterocycles. The van der Waals surface area contributed by atoms with E-state index in [1.807, 2.05) is 0 Å². The van der Waals surface area contributed by atoms with E-state index in [-0.39, 0.29) is 11.6 Å². The van der Waals surface area contributed by atoms with Crippen LogP contribution in [0.1, 0.15) is 50.8 Å². The van der Waals surface area contributed by atoms with E-state index in [2.05, 4.69) is 57.3 Å². The first kappa shape index (κ1) is 16.5. The highest BCUT2D eigenvalue weighted by Gasteiger charge is 2.23. The van der Waals surface area contributed by atoms with E-state index in [4.69, 9.17) is 9.47 Å². The van der Waals surface area contributed by atoms with E-state index >= 15 is 0 Å². The van der Waals surface area contributed by atoms with Gasteiger partial charge in [-0.3, -0.25) is 0 Å². The summed E-state index contributed by atoms with van der Waals surface area (Å²) in [7, 11) is 0. The normalized spacial score (nSPS) is 18.7. The molecular weight excluding hydrogens is 262 g/mol. The number of nitrogens with one attached hydrogen (secondary N) is 1. The molecule has 0 saturated carbocycles. The monoisotopic (exact) mass is 291 g/mol. The Morgan fingerprint density at radius 2 is 1.90 bits per heavy atom. The molecule has 1 N–H and O–H groups in total. The van der Waals surface area contributed by atoms with Crippen LogP contribution in [-0.2, 0) is 9.47 Å². The number of benzene rings is 1. The van der Waals surface area contributed by atoms with Crippen LogP contribution in [0.2, 0.25) is 0 Å². The Morgan fingerprint density at radius 3 is 2.52 bits per heavy atom. The van der Waals surface area contributed by atoms with Gasteiger partial charge in [0.05, 0.1) is 12.2 Å². The fraction of sp³-hybridized carbons (Fsp3) is 0.667. The zero-order valence-electron chi connectivity index (χ0n) is 13.8. The zero-order chi connectivity index (χ0) is 15.3. The molecule has 0 spiro atoms. The van der Waals surface area contributed by atoms with Gasteiger partial charge in [-0.15, -0.1) is 0 Å². The summed E-state index contributed by atoms with van der Waals surface area (Å²) in [5, 5.41) is 3.58. The fourth-order valence-electron chi connectivity index (χ4n) is 2.62. The number of aryl methyl sites for hydroxylation is 1. The summed E-state index contributed by atoms with van der Waals surface area (Å²) in [5.41, 5.74) is 2.69. The fourth-order valence-corrected chi connectivity index (χ4v) is 2.62. The maximum absolute atomic E-state index is 6.41. The van der Waals surface area contributed by atoms with Crippen molar-refractivity contribution in [3.05, 3.63) is 35.4 Å². The molecule has 0 radical (unpaired) electrons. The summed E-state index contributed by atoms with van der Waals surface area (Å²) in [6.45, 7) is 11.2. The lowest BCUT2D eigenvalue weighted by atomic mass is 10.0. The Balaban J connectivity index is 2.07. The van der Waals surface area contributed by atoms with Crippen LogP contribution < -0.4 is 5.32 Å². The molecular formula is C18H29NO2. The van der Waals surface area contributed by atoms with Gasteiger partial charge in [0, 0.05) is 25.3 Å². The first-order chi connectivity index (χ1) is 9.96. The van der Waals surface area contributed by atoms with Crippen molar-refractivity contribution in [2.75, 3.05) is 19.8 Å². The molecule has 3 heteroatoms. The smallest absolute Gasteiger partial charge is 0.0955 e. The van der Waals surface area contributed by atoms with Crippen molar-refractivity contribution in [1.29, 1.82) is 0 Å². The molecule has 1 aromatic rings. The molecule has 0 bridgehead atoms. The standard InChI is InChI=1S/C18H29NO2/c1-14-7-5-6-8-16(14)17(13-19-18(2,3)4)21-15-9-11-20-12-10-15/h5-8,15,17,19H,9-13H2,1-4H3. The van der Waals surface area contributed by atoms with E-state index in [1.54, 1.807) is 0 Å². The molecule has 3 nitrogen and oxygen atoms in total. The first-order valence-electron chi connectivity index (χ1n) is 7.99. The van der Waals surface area contributed by atoms with Gasteiger partial charge in [-0.2, -0.15) is 0 Å². The molecule has 1 aliphatic rings. The van der Waals surface area contributed by atoms with Crippen molar-refractivity contribution in [1.82, 2.24) is 5.32 Å². The molecule has 1 aromatic carbocycles. The lowest BCUT2D eigenvalue weighted by molar-refractivity contribution is -0.0703. The maximum Gasteiger partial charge on any atom is 0.0955 e. The molecule has 0 aromatic heterocycles. The molecule has 0 amide bonds. The predicted octanol–water partition coefficient (Wildman–Crippen LogP) is 3.62. The minimum absolute atomic E-state index is 0.0972. The van der Waals surface area contributed by atoms with Crippen LogP contribution in [0.5, 0.6) is 0 Å². The van der Waals surface area contributed by atoms with Crippen LogP contribution in [-0.4, -0.2) is 31.4 Å². The van der Waals surface area contributed by atoms with Crippen LogP contribution >= 0.6 is 0 Å². The van der Waals surface area contributed by atoms with E-state index in [9.17, 15) is 0 Å². The average Bonchev–Trinajstić information content (AvgIpc) is 2.44. The Bertz CT molecular complexity index is 433. The molecule has 2 rings (SSSR count). The van der Waals surface area contributed by atoms with Gasteiger partial charge in [-0.25, -0.2) is 0 Å². The minimum atomic E-state index is 0.0972. The summed E-state index contributed by atoms with van der Waals surface area (Å²) in [5.74, 6) is 0. The van der Waals surface area contributed by atoms with Crippen molar-refractivity contribution < 1.29 is 9.47 Å². The van der Waals surface area contributed by atoms with E-state index in [1.165, 1.54) is 11.1 Å². The van der Waals surface area contributed by atoms with Crippen molar-refractivity contribution in [2.24, 2.45) is 0 Å². The molecule has 1 fully saturated rings. The van der Waals surface area contributed by atoms with Gasteiger partial charge >= 0.3 is 0 Å². The van der Waals surface area contributed by atoms with Crippen LogP contribution in [0.15, 0.2) is 24.3 Å². The largest absolute Gasteiger partial charge is 0.381 e. The minimum Gasteiger partial charge on any atom is -0.381 e. The van der Waals surface area contributed by atoms with Crippen LogP contribution in [0, 0.1) is 6.92 Å². The molecule has 1 saturated heterocycles. The summed E-state index contributed by atoms with van der Waals surface area (Å²) in [4.78, 5) is 0. The van der Waals surface area contributed by atoms with Gasteiger partial charge in [-0.1, -0.05) is 24.3 Å². The Labute approximate surface area is 129 Å².